The third kappa shape index (κ3) is 12.4. The molecule has 0 spiro atoms. The molecule has 4 aromatic rings. The maximum atomic E-state index is 13.0. The number of ether oxygens (including phenoxy) is 1. The maximum Gasteiger partial charge on any atom is 0.433 e. The fourth-order valence-electron chi connectivity index (χ4n) is 4.61. The summed E-state index contributed by atoms with van der Waals surface area (Å²) < 4.78 is 46.6. The van der Waals surface area contributed by atoms with Gasteiger partial charge in [0.05, 0.1) is 18.9 Å². The van der Waals surface area contributed by atoms with Crippen molar-refractivity contribution in [3.63, 3.8) is 0 Å². The number of nitriles is 1. The molecule has 1 aliphatic heterocycles. The first-order valence-electron chi connectivity index (χ1n) is 15.7. The molecule has 0 saturated carbocycles. The van der Waals surface area contributed by atoms with Gasteiger partial charge in [-0.2, -0.15) is 23.5 Å². The minimum absolute atomic E-state index is 0.00942. The van der Waals surface area contributed by atoms with Crippen molar-refractivity contribution >= 4 is 11.0 Å². The second-order valence-corrected chi connectivity index (χ2v) is 10.4. The SMILES string of the molecule is CC.CC#N.CCCCn1cc(-c2ccnc3[nH]ccc23)cn1.CN1CCC(Oc2cc(CNCCO)cc(C(F)(F)F)n2)CC1. The standard InChI is InChI=1S/C15H22F3N3O2.C14H16N4.C2H3N.C2H6/c1-21-5-2-12(3-6-21)23-14-9-11(10-19-4-7-22)8-13(20-14)15(16,17)18;1-2-3-8-18-10-11(9-17-18)12-4-6-15-14-13(12)5-7-16-14;1-2-3;1-2/h8-9,12,19,22H,2-7,10H2,1H3;4-7,9-10H,2-3,8H2,1H3,(H,15,16);1H3;1-2H3. The summed E-state index contributed by atoms with van der Waals surface area (Å²) in [5, 5.41) is 24.5. The second-order valence-electron chi connectivity index (χ2n) is 10.4. The van der Waals surface area contributed by atoms with Gasteiger partial charge in [-0.3, -0.25) is 4.68 Å². The molecule has 0 radical (unpaired) electrons. The third-order valence-corrected chi connectivity index (χ3v) is 6.87. The van der Waals surface area contributed by atoms with Crippen LogP contribution in [0.3, 0.4) is 0 Å². The number of aryl methyl sites for hydroxylation is 1. The van der Waals surface area contributed by atoms with Crippen molar-refractivity contribution in [2.24, 2.45) is 0 Å². The Kier molecular flexibility index (Phi) is 16.8. The second kappa shape index (κ2) is 20.2. The lowest BCUT2D eigenvalue weighted by molar-refractivity contribution is -0.141. The number of halogens is 3. The molecular weight excluding hydrogens is 597 g/mol. The highest BCUT2D eigenvalue weighted by Crippen LogP contribution is 2.31. The fourth-order valence-corrected chi connectivity index (χ4v) is 4.61. The summed E-state index contributed by atoms with van der Waals surface area (Å²) in [6, 6.07) is 8.38. The summed E-state index contributed by atoms with van der Waals surface area (Å²) >= 11 is 0. The number of aromatic nitrogens is 5. The number of unbranched alkanes of at least 4 members (excludes halogenated alkanes) is 1. The number of aliphatic hydroxyl groups excluding tert-OH is 1. The number of piperidine rings is 1. The summed E-state index contributed by atoms with van der Waals surface area (Å²) in [4.78, 5) is 13.2. The molecule has 1 saturated heterocycles. The normalized spacial score (nSPS) is 13.4. The maximum absolute atomic E-state index is 13.0. The van der Waals surface area contributed by atoms with Gasteiger partial charge in [-0.15, -0.1) is 0 Å². The average Bonchev–Trinajstić information content (AvgIpc) is 3.73. The molecule has 5 heterocycles. The number of nitrogens with zero attached hydrogens (tertiary/aromatic N) is 6. The van der Waals surface area contributed by atoms with Crippen LogP contribution in [0, 0.1) is 11.3 Å². The Balaban J connectivity index is 0.000000286. The van der Waals surface area contributed by atoms with E-state index in [9.17, 15) is 13.2 Å². The first-order valence-corrected chi connectivity index (χ1v) is 15.7. The number of hydrogen-bond acceptors (Lipinski definition) is 8. The highest BCUT2D eigenvalue weighted by Gasteiger charge is 2.33. The van der Waals surface area contributed by atoms with E-state index < -0.39 is 11.9 Å². The third-order valence-electron chi connectivity index (χ3n) is 6.87. The number of alkyl halides is 3. The van der Waals surface area contributed by atoms with E-state index in [1.165, 1.54) is 25.0 Å². The first kappa shape index (κ1) is 38.2. The zero-order valence-electron chi connectivity index (χ0n) is 27.4. The van der Waals surface area contributed by atoms with Gasteiger partial charge in [0.1, 0.15) is 17.4 Å². The van der Waals surface area contributed by atoms with Crippen molar-refractivity contribution in [2.75, 3.05) is 33.3 Å². The number of aliphatic hydroxyl groups is 1. The monoisotopic (exact) mass is 644 g/mol. The van der Waals surface area contributed by atoms with Crippen molar-refractivity contribution in [1.29, 1.82) is 5.26 Å². The molecule has 0 unspecified atom stereocenters. The minimum atomic E-state index is -4.52. The van der Waals surface area contributed by atoms with E-state index >= 15 is 0 Å². The molecule has 1 fully saturated rings. The smallest absolute Gasteiger partial charge is 0.433 e. The van der Waals surface area contributed by atoms with E-state index in [4.69, 9.17) is 15.1 Å². The van der Waals surface area contributed by atoms with E-state index in [1.54, 1.807) is 6.07 Å². The summed E-state index contributed by atoms with van der Waals surface area (Å²) in [6.07, 6.45) is 7.05. The van der Waals surface area contributed by atoms with Gasteiger partial charge in [-0.1, -0.05) is 27.2 Å². The number of pyridine rings is 2. The molecule has 0 amide bonds. The van der Waals surface area contributed by atoms with E-state index in [0.717, 1.165) is 61.6 Å². The van der Waals surface area contributed by atoms with Crippen LogP contribution in [-0.2, 0) is 19.3 Å². The van der Waals surface area contributed by atoms with Crippen molar-refractivity contribution in [3.8, 4) is 23.1 Å². The average molecular weight is 645 g/mol. The van der Waals surface area contributed by atoms with Crippen LogP contribution >= 0.6 is 0 Å². The minimum Gasteiger partial charge on any atom is -0.474 e. The van der Waals surface area contributed by atoms with Gasteiger partial charge in [0.25, 0.3) is 0 Å². The summed E-state index contributed by atoms with van der Waals surface area (Å²) in [5.74, 6) is 0.00942. The van der Waals surface area contributed by atoms with Crippen LogP contribution in [0.2, 0.25) is 0 Å². The molecular formula is C33H47F3N8O2. The Morgan fingerprint density at radius 1 is 1.20 bits per heavy atom. The van der Waals surface area contributed by atoms with Crippen LogP contribution < -0.4 is 10.1 Å². The molecule has 1 aliphatic rings. The topological polar surface area (TPSA) is 128 Å². The first-order chi connectivity index (χ1) is 22.2. The van der Waals surface area contributed by atoms with E-state index in [1.807, 2.05) is 50.2 Å². The van der Waals surface area contributed by atoms with Gasteiger partial charge in [0, 0.05) is 75.3 Å². The number of likely N-dealkylation sites (tertiary alicyclic amines) is 1. The predicted octanol–water partition coefficient (Wildman–Crippen LogP) is 6.44. The van der Waals surface area contributed by atoms with Crippen LogP contribution in [0.1, 0.15) is 64.6 Å². The van der Waals surface area contributed by atoms with Crippen molar-refractivity contribution < 1.29 is 23.0 Å². The molecule has 252 valence electrons. The van der Waals surface area contributed by atoms with Crippen molar-refractivity contribution in [3.05, 3.63) is 60.3 Å². The number of rotatable bonds is 10. The molecule has 13 heteroatoms. The highest BCUT2D eigenvalue weighted by atomic mass is 19.4. The molecule has 0 bridgehead atoms. The zero-order chi connectivity index (χ0) is 34.0. The van der Waals surface area contributed by atoms with Crippen LogP contribution in [0.5, 0.6) is 5.88 Å². The van der Waals surface area contributed by atoms with E-state index in [0.29, 0.717) is 12.1 Å². The summed E-state index contributed by atoms with van der Waals surface area (Å²) in [6.45, 7) is 10.8. The highest BCUT2D eigenvalue weighted by molar-refractivity contribution is 5.92. The molecule has 3 N–H and O–H groups in total. The van der Waals surface area contributed by atoms with Gasteiger partial charge < -0.3 is 25.0 Å². The van der Waals surface area contributed by atoms with Crippen molar-refractivity contribution in [2.45, 2.75) is 78.7 Å². The Morgan fingerprint density at radius 2 is 1.91 bits per heavy atom. The lowest BCUT2D eigenvalue weighted by atomic mass is 10.1. The van der Waals surface area contributed by atoms with Crippen LogP contribution in [0.15, 0.2) is 49.1 Å². The van der Waals surface area contributed by atoms with Gasteiger partial charge in [-0.05, 0) is 55.6 Å². The molecule has 46 heavy (non-hydrogen) atoms. The van der Waals surface area contributed by atoms with Gasteiger partial charge in [0.2, 0.25) is 5.88 Å². The lowest BCUT2D eigenvalue weighted by Crippen LogP contribution is -2.35. The number of H-pyrrole nitrogens is 1. The Hall–Kier alpha value is -3.99. The molecule has 0 aliphatic carbocycles. The summed E-state index contributed by atoms with van der Waals surface area (Å²) in [5.41, 5.74) is 2.74. The summed E-state index contributed by atoms with van der Waals surface area (Å²) in [7, 11) is 2.00. The number of aromatic amines is 1. The number of fused-ring (bicyclic) bond motifs is 1. The number of hydrogen-bond donors (Lipinski definition) is 3. The molecule has 4 aromatic heterocycles. The van der Waals surface area contributed by atoms with Gasteiger partial charge >= 0.3 is 6.18 Å². The Morgan fingerprint density at radius 3 is 2.57 bits per heavy atom. The predicted molar refractivity (Wildman–Crippen MR) is 174 cm³/mol. The fraction of sp³-hybridized carbons (Fsp3) is 0.515. The lowest BCUT2D eigenvalue weighted by Gasteiger charge is -2.29. The Labute approximate surface area is 269 Å². The molecule has 0 atom stereocenters. The van der Waals surface area contributed by atoms with Crippen LogP contribution in [0.4, 0.5) is 13.2 Å². The van der Waals surface area contributed by atoms with Gasteiger partial charge in [-0.25, -0.2) is 9.97 Å². The van der Waals surface area contributed by atoms with Crippen LogP contribution in [-0.4, -0.2) is 74.1 Å². The zero-order valence-corrected chi connectivity index (χ0v) is 27.4. The molecule has 5 rings (SSSR count). The van der Waals surface area contributed by atoms with E-state index in [-0.39, 0.29) is 25.1 Å². The largest absolute Gasteiger partial charge is 0.474 e. The molecule has 10 nitrogen and oxygen atoms in total. The van der Waals surface area contributed by atoms with Crippen molar-refractivity contribution in [1.82, 2.24) is 34.9 Å². The van der Waals surface area contributed by atoms with Gasteiger partial charge in [0.15, 0.2) is 0 Å². The molecule has 0 aromatic carbocycles. The quantitative estimate of drug-likeness (QED) is 0.168. The Bertz CT molecular complexity index is 1460. The number of nitrogens with one attached hydrogen (secondary N) is 2. The van der Waals surface area contributed by atoms with E-state index in [2.05, 4.69) is 49.5 Å². The van der Waals surface area contributed by atoms with Crippen LogP contribution in [0.25, 0.3) is 22.2 Å².